The van der Waals surface area contributed by atoms with E-state index in [1.54, 1.807) is 11.6 Å². The maximum Gasteiger partial charge on any atom is 0.372 e. The van der Waals surface area contributed by atoms with Gasteiger partial charge in [0.25, 0.3) is 4.96 Å². The molecule has 3 aromatic heterocycles. The summed E-state index contributed by atoms with van der Waals surface area (Å²) in [6, 6.07) is 7.45. The summed E-state index contributed by atoms with van der Waals surface area (Å²) >= 11 is 1.35. The predicted molar refractivity (Wildman–Crippen MR) is 87.9 cm³/mol. The van der Waals surface area contributed by atoms with Gasteiger partial charge in [-0.15, -0.1) is 0 Å². The van der Waals surface area contributed by atoms with E-state index in [2.05, 4.69) is 20.3 Å². The van der Waals surface area contributed by atoms with Gasteiger partial charge in [-0.3, -0.25) is 0 Å². The highest BCUT2D eigenvalue weighted by atomic mass is 32.1. The predicted octanol–water partition coefficient (Wildman–Crippen LogP) is 3.35. The average Bonchev–Trinajstić information content (AvgIpc) is 3.19. The number of thiazole rings is 1. The lowest BCUT2D eigenvalue weighted by Gasteiger charge is -2.09. The van der Waals surface area contributed by atoms with Gasteiger partial charge in [0.05, 0.1) is 17.1 Å². The van der Waals surface area contributed by atoms with Gasteiger partial charge in [0.1, 0.15) is 12.0 Å². The minimum Gasteiger partial charge on any atom is -0.358 e. The largest absolute Gasteiger partial charge is 0.372 e. The molecule has 0 bridgehead atoms. The summed E-state index contributed by atoms with van der Waals surface area (Å²) in [5.74, 6) is 0.885. The van der Waals surface area contributed by atoms with Crippen molar-refractivity contribution in [1.82, 2.24) is 19.4 Å². The summed E-state index contributed by atoms with van der Waals surface area (Å²) in [5, 5.41) is 16.2. The van der Waals surface area contributed by atoms with Gasteiger partial charge < -0.3 is 20.4 Å². The third kappa shape index (κ3) is 2.21. The topological polar surface area (TPSA) is 101 Å². The van der Waals surface area contributed by atoms with E-state index in [-0.39, 0.29) is 17.7 Å². The molecule has 1 aromatic carbocycles. The highest BCUT2D eigenvalue weighted by molar-refractivity contribution is 7.15. The standard InChI is InChI=1S/C14H12N6O2S/c1-8(11-16-9-4-2-3-5-10(9)17-11)15-12-13(20(21)22)19-6-7-23-14(19)18-12/h2-8,15H,1H3,(H,16,17). The SMILES string of the molecule is CC(Nc1nc2sccn2c1[N+](=O)[O-])c1nc2ccccc2[nH]1. The van der Waals surface area contributed by atoms with Gasteiger partial charge in [-0.2, -0.15) is 9.38 Å². The van der Waals surface area contributed by atoms with Crippen LogP contribution in [0, 0.1) is 10.1 Å². The van der Waals surface area contributed by atoms with Crippen molar-refractivity contribution < 1.29 is 4.92 Å². The molecule has 0 aliphatic carbocycles. The Kier molecular flexibility index (Phi) is 3.01. The van der Waals surface area contributed by atoms with Crippen LogP contribution in [0.3, 0.4) is 0 Å². The molecule has 8 nitrogen and oxygen atoms in total. The molecule has 23 heavy (non-hydrogen) atoms. The first-order chi connectivity index (χ1) is 11.1. The molecule has 0 amide bonds. The van der Waals surface area contributed by atoms with E-state index in [9.17, 15) is 10.1 Å². The van der Waals surface area contributed by atoms with Crippen LogP contribution in [0.25, 0.3) is 16.0 Å². The van der Waals surface area contributed by atoms with Crippen LogP contribution in [0.5, 0.6) is 0 Å². The number of para-hydroxylation sites is 2. The number of rotatable bonds is 4. The zero-order valence-corrected chi connectivity index (χ0v) is 12.9. The van der Waals surface area contributed by atoms with Gasteiger partial charge in [-0.25, -0.2) is 4.98 Å². The Balaban J connectivity index is 1.70. The lowest BCUT2D eigenvalue weighted by molar-refractivity contribution is -0.389. The van der Waals surface area contributed by atoms with Crippen LogP contribution in [0.1, 0.15) is 18.8 Å². The number of hydrogen-bond acceptors (Lipinski definition) is 6. The van der Waals surface area contributed by atoms with E-state index in [0.717, 1.165) is 11.0 Å². The number of nitrogens with zero attached hydrogens (tertiary/aromatic N) is 4. The molecule has 0 fully saturated rings. The molecule has 9 heteroatoms. The van der Waals surface area contributed by atoms with Crippen LogP contribution >= 0.6 is 11.3 Å². The van der Waals surface area contributed by atoms with Crippen LogP contribution in [0.15, 0.2) is 35.8 Å². The van der Waals surface area contributed by atoms with Crippen LogP contribution in [0.2, 0.25) is 0 Å². The van der Waals surface area contributed by atoms with E-state index in [0.29, 0.717) is 10.8 Å². The Bertz CT molecular complexity index is 984. The van der Waals surface area contributed by atoms with Crippen LogP contribution in [-0.4, -0.2) is 24.3 Å². The number of nitrogens with one attached hydrogen (secondary N) is 2. The Morgan fingerprint density at radius 1 is 1.39 bits per heavy atom. The number of fused-ring (bicyclic) bond motifs is 2. The lowest BCUT2D eigenvalue weighted by atomic mass is 10.3. The van der Waals surface area contributed by atoms with Gasteiger partial charge in [-0.05, 0) is 24.0 Å². The van der Waals surface area contributed by atoms with Crippen molar-refractivity contribution in [1.29, 1.82) is 0 Å². The Morgan fingerprint density at radius 2 is 2.22 bits per heavy atom. The highest BCUT2D eigenvalue weighted by Gasteiger charge is 2.25. The molecule has 0 aliphatic rings. The minimum atomic E-state index is -0.430. The normalized spacial score (nSPS) is 12.7. The summed E-state index contributed by atoms with van der Waals surface area (Å²) in [6.45, 7) is 1.88. The smallest absolute Gasteiger partial charge is 0.358 e. The Hall–Kier alpha value is -2.94. The minimum absolute atomic E-state index is 0.0655. The highest BCUT2D eigenvalue weighted by Crippen LogP contribution is 2.30. The average molecular weight is 328 g/mol. The number of hydrogen-bond donors (Lipinski definition) is 2. The second-order valence-corrected chi connectivity index (χ2v) is 5.97. The second kappa shape index (κ2) is 5.06. The molecule has 1 atom stereocenters. The molecule has 0 saturated heterocycles. The molecule has 4 aromatic rings. The van der Waals surface area contributed by atoms with Gasteiger partial charge >= 0.3 is 5.82 Å². The van der Waals surface area contributed by atoms with Crippen molar-refractivity contribution in [3.63, 3.8) is 0 Å². The monoisotopic (exact) mass is 328 g/mol. The first-order valence-electron chi connectivity index (χ1n) is 6.94. The molecule has 2 N–H and O–H groups in total. The molecule has 1 unspecified atom stereocenters. The number of anilines is 1. The molecule has 116 valence electrons. The van der Waals surface area contributed by atoms with Crippen molar-refractivity contribution in [2.45, 2.75) is 13.0 Å². The summed E-state index contributed by atoms with van der Waals surface area (Å²) < 4.78 is 1.47. The first kappa shape index (κ1) is 13.7. The number of nitro groups is 1. The summed E-state index contributed by atoms with van der Waals surface area (Å²) in [7, 11) is 0. The van der Waals surface area contributed by atoms with Gasteiger partial charge in [0.15, 0.2) is 0 Å². The summed E-state index contributed by atoms with van der Waals surface area (Å²) in [5.41, 5.74) is 1.79. The zero-order chi connectivity index (χ0) is 16.0. The number of aromatic amines is 1. The number of H-pyrrole nitrogens is 1. The van der Waals surface area contributed by atoms with E-state index in [1.807, 2.05) is 31.2 Å². The van der Waals surface area contributed by atoms with E-state index < -0.39 is 4.92 Å². The Labute approximate surface area is 134 Å². The number of imidazole rings is 2. The third-order valence-corrected chi connectivity index (χ3v) is 4.34. The van der Waals surface area contributed by atoms with E-state index in [1.165, 1.54) is 15.7 Å². The van der Waals surface area contributed by atoms with E-state index in [4.69, 9.17) is 0 Å². The van der Waals surface area contributed by atoms with Gasteiger partial charge in [0.2, 0.25) is 5.82 Å². The molecular formula is C14H12N6O2S. The molecule has 4 rings (SSSR count). The number of aromatic nitrogens is 4. The first-order valence-corrected chi connectivity index (χ1v) is 7.82. The quantitative estimate of drug-likeness (QED) is 0.442. The van der Waals surface area contributed by atoms with Gasteiger partial charge in [-0.1, -0.05) is 23.5 Å². The number of benzene rings is 1. The fourth-order valence-corrected chi connectivity index (χ4v) is 3.21. The maximum atomic E-state index is 11.3. The van der Waals surface area contributed by atoms with Crippen molar-refractivity contribution in [3.8, 4) is 0 Å². The van der Waals surface area contributed by atoms with Crippen LogP contribution in [0.4, 0.5) is 11.6 Å². The molecule has 0 radical (unpaired) electrons. The van der Waals surface area contributed by atoms with Crippen molar-refractivity contribution >= 4 is 39.0 Å². The van der Waals surface area contributed by atoms with Crippen LogP contribution in [-0.2, 0) is 0 Å². The van der Waals surface area contributed by atoms with Crippen molar-refractivity contribution in [2.24, 2.45) is 0 Å². The summed E-state index contributed by atoms with van der Waals surface area (Å²) in [6.07, 6.45) is 1.64. The second-order valence-electron chi connectivity index (χ2n) is 5.10. The van der Waals surface area contributed by atoms with E-state index >= 15 is 0 Å². The molecule has 0 spiro atoms. The van der Waals surface area contributed by atoms with Crippen LogP contribution < -0.4 is 5.32 Å². The molecule has 0 saturated carbocycles. The molecule has 0 aliphatic heterocycles. The summed E-state index contributed by atoms with van der Waals surface area (Å²) in [4.78, 5) is 23.5. The molecular weight excluding hydrogens is 316 g/mol. The van der Waals surface area contributed by atoms with Gasteiger partial charge in [0, 0.05) is 5.38 Å². The lowest BCUT2D eigenvalue weighted by Crippen LogP contribution is -2.10. The Morgan fingerprint density at radius 3 is 3.00 bits per heavy atom. The molecule has 3 heterocycles. The van der Waals surface area contributed by atoms with Crippen molar-refractivity contribution in [3.05, 3.63) is 51.8 Å². The zero-order valence-electron chi connectivity index (χ0n) is 12.1. The maximum absolute atomic E-state index is 11.3. The third-order valence-electron chi connectivity index (χ3n) is 3.58. The fraction of sp³-hybridized carbons (Fsp3) is 0.143. The van der Waals surface area contributed by atoms with Crippen molar-refractivity contribution in [2.75, 3.05) is 5.32 Å². The fourth-order valence-electron chi connectivity index (χ4n) is 2.50.